The van der Waals surface area contributed by atoms with Crippen LogP contribution in [0.1, 0.15) is 36.1 Å². The average Bonchev–Trinajstić information content (AvgIpc) is 3.92. The van der Waals surface area contributed by atoms with Crippen LogP contribution in [-0.4, -0.2) is 4.57 Å². The van der Waals surface area contributed by atoms with E-state index in [9.17, 15) is 0 Å². The van der Waals surface area contributed by atoms with Crippen LogP contribution >= 0.6 is 0 Å². The summed E-state index contributed by atoms with van der Waals surface area (Å²) in [4.78, 5) is 2.38. The molecule has 3 heteroatoms. The molecule has 0 atom stereocenters. The van der Waals surface area contributed by atoms with E-state index in [0.717, 1.165) is 44.6 Å². The SMILES string of the molecule is Cc1ccccc1-c1cccc(N(c2ccc(-c3ccc4c(c3)c3cc5c(cc3n4-c3ccccc3)C(C)(C)c3ccccc3-5)cc2)c2cccc3c2oc2ccccc23)c1C. The monoisotopic (exact) mass is 796 g/mol. The second-order valence-corrected chi connectivity index (χ2v) is 17.4. The van der Waals surface area contributed by atoms with Crippen LogP contribution in [0.5, 0.6) is 0 Å². The zero-order chi connectivity index (χ0) is 41.7. The number of rotatable bonds is 6. The molecule has 296 valence electrons. The maximum atomic E-state index is 6.70. The molecule has 0 spiro atoms. The standard InChI is InChI=1S/C59H44N2O/c1-37-16-8-9-19-43(37)44-22-14-25-53(38(44)2)60(55-26-15-23-47-46-21-11-13-27-57(46)62-58(47)55)42-31-28-39(29-32-42)40-30-33-54-49(34-40)50-35-48-45-20-10-12-24-51(45)59(3,4)52(48)36-56(50)61(54)41-17-6-5-7-18-41/h5-36H,1-4H3. The van der Waals surface area contributed by atoms with Gasteiger partial charge in [-0.25, -0.2) is 0 Å². The van der Waals surface area contributed by atoms with E-state index in [1.807, 2.05) is 6.07 Å². The van der Waals surface area contributed by atoms with Gasteiger partial charge in [-0.1, -0.05) is 141 Å². The first-order chi connectivity index (χ1) is 30.3. The number of anilines is 3. The van der Waals surface area contributed by atoms with E-state index in [4.69, 9.17) is 4.42 Å². The molecule has 0 amide bonds. The lowest BCUT2D eigenvalue weighted by Gasteiger charge is -2.28. The predicted molar refractivity (Wildman–Crippen MR) is 261 cm³/mol. The highest BCUT2D eigenvalue weighted by Gasteiger charge is 2.36. The van der Waals surface area contributed by atoms with Crippen molar-refractivity contribution in [1.82, 2.24) is 4.57 Å². The fourth-order valence-corrected chi connectivity index (χ4v) is 10.4. The number of para-hydroxylation sites is 3. The fraction of sp³-hybridized carbons (Fsp3) is 0.0847. The Balaban J connectivity index is 1.03. The molecule has 9 aromatic carbocycles. The van der Waals surface area contributed by atoms with Crippen molar-refractivity contribution in [2.24, 2.45) is 0 Å². The number of furan rings is 1. The topological polar surface area (TPSA) is 21.3 Å². The molecule has 12 rings (SSSR count). The highest BCUT2D eigenvalue weighted by molar-refractivity contribution is 6.13. The van der Waals surface area contributed by atoms with Gasteiger partial charge in [-0.3, -0.25) is 0 Å². The Morgan fingerprint density at radius 1 is 0.452 bits per heavy atom. The summed E-state index contributed by atoms with van der Waals surface area (Å²) in [7, 11) is 0. The Hall–Kier alpha value is -7.62. The van der Waals surface area contributed by atoms with Gasteiger partial charge in [-0.15, -0.1) is 0 Å². The summed E-state index contributed by atoms with van der Waals surface area (Å²) in [5.41, 5.74) is 21.2. The number of hydrogen-bond acceptors (Lipinski definition) is 2. The molecule has 1 aliphatic rings. The lowest BCUT2D eigenvalue weighted by Crippen LogP contribution is -2.14. The molecule has 0 bridgehead atoms. The van der Waals surface area contributed by atoms with E-state index in [1.165, 1.54) is 77.6 Å². The molecular formula is C59H44N2O. The van der Waals surface area contributed by atoms with Crippen molar-refractivity contribution in [3.05, 3.63) is 216 Å². The third kappa shape index (κ3) is 5.38. The van der Waals surface area contributed by atoms with Crippen molar-refractivity contribution in [2.45, 2.75) is 33.1 Å². The Bertz CT molecular complexity index is 3570. The van der Waals surface area contributed by atoms with Gasteiger partial charge in [0.25, 0.3) is 0 Å². The first-order valence-corrected chi connectivity index (χ1v) is 21.6. The molecule has 3 nitrogen and oxygen atoms in total. The Morgan fingerprint density at radius 2 is 1.11 bits per heavy atom. The van der Waals surface area contributed by atoms with Crippen LogP contribution < -0.4 is 4.90 Å². The summed E-state index contributed by atoms with van der Waals surface area (Å²) in [6.45, 7) is 9.16. The third-order valence-corrected chi connectivity index (χ3v) is 13.5. The maximum Gasteiger partial charge on any atom is 0.159 e. The van der Waals surface area contributed by atoms with E-state index >= 15 is 0 Å². The molecule has 0 saturated heterocycles. The highest BCUT2D eigenvalue weighted by Crippen LogP contribution is 2.51. The minimum atomic E-state index is -0.0881. The molecule has 0 saturated carbocycles. The molecule has 0 aliphatic heterocycles. The van der Waals surface area contributed by atoms with E-state index in [1.54, 1.807) is 0 Å². The predicted octanol–water partition coefficient (Wildman–Crippen LogP) is 16.4. The molecule has 1 aliphatic carbocycles. The summed E-state index contributed by atoms with van der Waals surface area (Å²) >= 11 is 0. The molecule has 0 fully saturated rings. The van der Waals surface area contributed by atoms with E-state index in [-0.39, 0.29) is 5.41 Å². The van der Waals surface area contributed by atoms with Gasteiger partial charge in [-0.2, -0.15) is 0 Å². The summed E-state index contributed by atoms with van der Waals surface area (Å²) in [5.74, 6) is 0. The van der Waals surface area contributed by atoms with Crippen LogP contribution in [0.25, 0.3) is 82.8 Å². The number of aryl methyl sites for hydroxylation is 1. The number of aromatic nitrogens is 1. The molecule has 0 N–H and O–H groups in total. The van der Waals surface area contributed by atoms with Crippen molar-refractivity contribution in [1.29, 1.82) is 0 Å². The van der Waals surface area contributed by atoms with Gasteiger partial charge in [0, 0.05) is 44.0 Å². The number of benzene rings is 9. The molecule has 2 heterocycles. The molecule has 2 aromatic heterocycles. The second-order valence-electron chi connectivity index (χ2n) is 17.4. The highest BCUT2D eigenvalue weighted by atomic mass is 16.3. The zero-order valence-corrected chi connectivity index (χ0v) is 35.3. The van der Waals surface area contributed by atoms with Gasteiger partial charge in [0.05, 0.1) is 16.7 Å². The largest absolute Gasteiger partial charge is 0.454 e. The Morgan fingerprint density at radius 3 is 1.95 bits per heavy atom. The Labute approximate surface area is 361 Å². The van der Waals surface area contributed by atoms with Gasteiger partial charge < -0.3 is 13.9 Å². The van der Waals surface area contributed by atoms with Gasteiger partial charge in [0.2, 0.25) is 0 Å². The smallest absolute Gasteiger partial charge is 0.159 e. The summed E-state index contributed by atoms with van der Waals surface area (Å²) in [5, 5.41) is 4.74. The average molecular weight is 797 g/mol. The normalized spacial score (nSPS) is 13.0. The first-order valence-electron chi connectivity index (χ1n) is 21.6. The van der Waals surface area contributed by atoms with Gasteiger partial charge >= 0.3 is 0 Å². The van der Waals surface area contributed by atoms with Crippen molar-refractivity contribution < 1.29 is 4.42 Å². The van der Waals surface area contributed by atoms with Crippen molar-refractivity contribution in [2.75, 3.05) is 4.90 Å². The fourth-order valence-electron chi connectivity index (χ4n) is 10.4. The van der Waals surface area contributed by atoms with Gasteiger partial charge in [-0.05, 0) is 136 Å². The Kier molecular flexibility index (Phi) is 8.01. The molecule has 0 radical (unpaired) electrons. The maximum absolute atomic E-state index is 6.70. The van der Waals surface area contributed by atoms with Crippen LogP contribution in [0.15, 0.2) is 199 Å². The number of nitrogens with zero attached hydrogens (tertiary/aromatic N) is 2. The summed E-state index contributed by atoms with van der Waals surface area (Å²) in [6.07, 6.45) is 0. The number of fused-ring (bicyclic) bond motifs is 9. The summed E-state index contributed by atoms with van der Waals surface area (Å²) in [6, 6.07) is 70.8. The summed E-state index contributed by atoms with van der Waals surface area (Å²) < 4.78 is 9.14. The molecule has 0 unspecified atom stereocenters. The van der Waals surface area contributed by atoms with Crippen LogP contribution in [0.2, 0.25) is 0 Å². The van der Waals surface area contributed by atoms with Crippen LogP contribution in [0, 0.1) is 13.8 Å². The van der Waals surface area contributed by atoms with E-state index < -0.39 is 0 Å². The number of hydrogen-bond donors (Lipinski definition) is 0. The zero-order valence-electron chi connectivity index (χ0n) is 35.3. The van der Waals surface area contributed by atoms with Crippen LogP contribution in [0.3, 0.4) is 0 Å². The van der Waals surface area contributed by atoms with E-state index in [2.05, 4.69) is 225 Å². The first kappa shape index (κ1) is 36.2. The minimum Gasteiger partial charge on any atom is -0.454 e. The van der Waals surface area contributed by atoms with Crippen LogP contribution in [-0.2, 0) is 5.41 Å². The van der Waals surface area contributed by atoms with Crippen molar-refractivity contribution >= 4 is 60.8 Å². The van der Waals surface area contributed by atoms with Crippen molar-refractivity contribution in [3.8, 4) is 39.1 Å². The lowest BCUT2D eigenvalue weighted by atomic mass is 9.82. The minimum absolute atomic E-state index is 0.0881. The van der Waals surface area contributed by atoms with E-state index in [0.29, 0.717) is 0 Å². The van der Waals surface area contributed by atoms with Gasteiger partial charge in [0.15, 0.2) is 5.58 Å². The van der Waals surface area contributed by atoms with Crippen molar-refractivity contribution in [3.63, 3.8) is 0 Å². The molecular weight excluding hydrogens is 753 g/mol. The van der Waals surface area contributed by atoms with Crippen LogP contribution in [0.4, 0.5) is 17.1 Å². The lowest BCUT2D eigenvalue weighted by molar-refractivity contribution is 0.661. The second kappa shape index (κ2) is 13.7. The van der Waals surface area contributed by atoms with Gasteiger partial charge in [0.1, 0.15) is 5.58 Å². The molecule has 11 aromatic rings. The quantitative estimate of drug-likeness (QED) is 0.167. The third-order valence-electron chi connectivity index (χ3n) is 13.5. The molecule has 62 heavy (non-hydrogen) atoms.